The summed E-state index contributed by atoms with van der Waals surface area (Å²) in [5.41, 5.74) is 0. The van der Waals surface area contributed by atoms with Gasteiger partial charge in [-0.1, -0.05) is 66.2 Å². The normalized spacial score (nSPS) is 12.4. The molecule has 0 bridgehead atoms. The number of halogens is 2. The summed E-state index contributed by atoms with van der Waals surface area (Å²) in [7, 11) is 9.87. The molecule has 0 aliphatic carbocycles. The zero-order valence-electron chi connectivity index (χ0n) is 14.4. The van der Waals surface area contributed by atoms with Crippen molar-refractivity contribution in [3.63, 3.8) is 0 Å². The summed E-state index contributed by atoms with van der Waals surface area (Å²) < 4.78 is 0. The summed E-state index contributed by atoms with van der Waals surface area (Å²) in [5.74, 6) is 1.12. The summed E-state index contributed by atoms with van der Waals surface area (Å²) in [4.78, 5) is 0. The van der Waals surface area contributed by atoms with Gasteiger partial charge in [-0.25, -0.2) is 0 Å². The Kier molecular flexibility index (Phi) is 34.1. The first-order chi connectivity index (χ1) is 10.1. The summed E-state index contributed by atoms with van der Waals surface area (Å²) in [6, 6.07) is 0. The molecule has 0 aromatic carbocycles. The molecule has 0 heterocycles. The van der Waals surface area contributed by atoms with Crippen molar-refractivity contribution in [3.8, 4) is 0 Å². The van der Waals surface area contributed by atoms with Gasteiger partial charge >= 0.3 is 37.9 Å². The van der Waals surface area contributed by atoms with Crippen LogP contribution in [0.5, 0.6) is 0 Å². The van der Waals surface area contributed by atoms with Crippen molar-refractivity contribution in [1.82, 2.24) is 0 Å². The molecule has 2 unspecified atom stereocenters. The van der Waals surface area contributed by atoms with Crippen molar-refractivity contribution in [1.29, 1.82) is 0 Å². The molecule has 5 heteroatoms. The van der Waals surface area contributed by atoms with Crippen LogP contribution in [0.4, 0.5) is 0 Å². The predicted molar refractivity (Wildman–Crippen MR) is 92.5 cm³/mol. The van der Waals surface area contributed by atoms with Crippen LogP contribution in [0, 0.1) is 11.8 Å². The second kappa shape index (κ2) is 26.3. The Morgan fingerprint density at radius 3 is 1.19 bits per heavy atom. The first kappa shape index (κ1) is 27.2. The zero-order chi connectivity index (χ0) is 16.9. The molecule has 0 radical (unpaired) electrons. The number of aliphatic hydroxyl groups excluding tert-OH is 2. The van der Waals surface area contributed by atoms with Crippen molar-refractivity contribution >= 4 is 17.0 Å². The standard InChI is InChI=1S/2C8H18O.2ClH.Zr/c2*1-3-5-6-8(4-2)7-9;;;/h2*8-9H,3-7H2,1-2H3;2*1H;/q;;;;+2/p-2. The Morgan fingerprint density at radius 1 is 0.762 bits per heavy atom. The Labute approximate surface area is 151 Å². The van der Waals surface area contributed by atoms with Crippen molar-refractivity contribution < 1.29 is 31.1 Å². The Morgan fingerprint density at radius 2 is 1.05 bits per heavy atom. The third-order valence-electron chi connectivity index (χ3n) is 3.60. The predicted octanol–water partition coefficient (Wildman–Crippen LogP) is 5.77. The van der Waals surface area contributed by atoms with E-state index in [2.05, 4.69) is 27.7 Å². The van der Waals surface area contributed by atoms with Crippen molar-refractivity contribution in [3.05, 3.63) is 0 Å². The molecule has 0 aromatic rings. The number of rotatable bonds is 10. The van der Waals surface area contributed by atoms with Crippen LogP contribution >= 0.6 is 17.0 Å². The van der Waals surface area contributed by atoms with Gasteiger partial charge in [-0.3, -0.25) is 0 Å². The molecule has 2 nitrogen and oxygen atoms in total. The van der Waals surface area contributed by atoms with Crippen LogP contribution in [-0.2, 0) is 20.8 Å². The molecular weight excluding hydrogens is 386 g/mol. The minimum atomic E-state index is -0.826. The fourth-order valence-electron chi connectivity index (χ4n) is 1.83. The van der Waals surface area contributed by atoms with Gasteiger partial charge in [0.1, 0.15) is 0 Å². The first-order valence-corrected chi connectivity index (χ1v) is 14.6. The van der Waals surface area contributed by atoms with E-state index in [9.17, 15) is 0 Å². The van der Waals surface area contributed by atoms with E-state index in [-0.39, 0.29) is 0 Å². The van der Waals surface area contributed by atoms with Gasteiger partial charge in [0, 0.05) is 13.2 Å². The molecule has 0 amide bonds. The summed E-state index contributed by atoms with van der Waals surface area (Å²) in [6.45, 7) is 9.38. The molecule has 0 spiro atoms. The zero-order valence-corrected chi connectivity index (χ0v) is 18.3. The molecule has 0 saturated heterocycles. The summed E-state index contributed by atoms with van der Waals surface area (Å²) >= 11 is -0.826. The van der Waals surface area contributed by atoms with Crippen molar-refractivity contribution in [2.75, 3.05) is 13.2 Å². The first-order valence-electron chi connectivity index (χ1n) is 8.29. The van der Waals surface area contributed by atoms with Crippen molar-refractivity contribution in [2.24, 2.45) is 11.8 Å². The number of hydrogen-bond donors (Lipinski definition) is 2. The molecule has 0 aliphatic rings. The maximum absolute atomic E-state index is 8.75. The molecule has 21 heavy (non-hydrogen) atoms. The summed E-state index contributed by atoms with van der Waals surface area (Å²) in [6.07, 6.45) is 9.66. The van der Waals surface area contributed by atoms with E-state index < -0.39 is 20.8 Å². The Bertz CT molecular complexity index is 139. The van der Waals surface area contributed by atoms with Crippen molar-refractivity contribution in [2.45, 2.75) is 79.1 Å². The van der Waals surface area contributed by atoms with Gasteiger partial charge in [0.15, 0.2) is 0 Å². The van der Waals surface area contributed by atoms with Gasteiger partial charge < -0.3 is 10.2 Å². The average molecular weight is 423 g/mol. The quantitative estimate of drug-likeness (QED) is 0.469. The SMILES string of the molecule is CCCCC(CC)CO.CCCCC(CC)CO.[Cl][Zr][Cl]. The van der Waals surface area contributed by atoms with Gasteiger partial charge in [0.05, 0.1) is 0 Å². The Hall–Kier alpha value is 1.38. The van der Waals surface area contributed by atoms with E-state index in [1.54, 1.807) is 0 Å². The van der Waals surface area contributed by atoms with E-state index >= 15 is 0 Å². The second-order valence-corrected chi connectivity index (χ2v) is 9.00. The van der Waals surface area contributed by atoms with Gasteiger partial charge in [-0.15, -0.1) is 0 Å². The van der Waals surface area contributed by atoms with Gasteiger partial charge in [0.2, 0.25) is 0 Å². The fourth-order valence-corrected chi connectivity index (χ4v) is 1.83. The number of hydrogen-bond acceptors (Lipinski definition) is 2. The van der Waals surface area contributed by atoms with Crippen LogP contribution in [0.2, 0.25) is 0 Å². The molecular formula is C16H36Cl2O2Zr. The van der Waals surface area contributed by atoms with E-state index in [1.165, 1.54) is 38.5 Å². The third-order valence-corrected chi connectivity index (χ3v) is 3.60. The van der Waals surface area contributed by atoms with Crippen LogP contribution in [0.1, 0.15) is 79.1 Å². The van der Waals surface area contributed by atoms with Crippen LogP contribution in [0.25, 0.3) is 0 Å². The van der Waals surface area contributed by atoms with Crippen LogP contribution in [-0.4, -0.2) is 23.4 Å². The van der Waals surface area contributed by atoms with Crippen LogP contribution < -0.4 is 0 Å². The molecule has 0 aromatic heterocycles. The molecule has 2 N–H and O–H groups in total. The fraction of sp³-hybridized carbons (Fsp3) is 1.00. The van der Waals surface area contributed by atoms with E-state index in [1.807, 2.05) is 0 Å². The van der Waals surface area contributed by atoms with Crippen LogP contribution in [0.3, 0.4) is 0 Å². The Balaban J connectivity index is -0.000000260. The average Bonchev–Trinajstić information content (AvgIpc) is 2.51. The molecule has 0 fully saturated rings. The van der Waals surface area contributed by atoms with Gasteiger partial charge in [0.25, 0.3) is 0 Å². The molecule has 0 rings (SSSR count). The third kappa shape index (κ3) is 26.6. The van der Waals surface area contributed by atoms with E-state index in [0.717, 1.165) is 12.8 Å². The van der Waals surface area contributed by atoms with Gasteiger partial charge in [-0.05, 0) is 24.7 Å². The second-order valence-electron chi connectivity index (χ2n) is 5.27. The molecule has 2 atom stereocenters. The molecule has 0 aliphatic heterocycles. The van der Waals surface area contributed by atoms with E-state index in [4.69, 9.17) is 27.2 Å². The number of aliphatic hydroxyl groups is 2. The minimum absolute atomic E-state index is 0.372. The van der Waals surface area contributed by atoms with Crippen LogP contribution in [0.15, 0.2) is 0 Å². The van der Waals surface area contributed by atoms with E-state index in [0.29, 0.717) is 25.0 Å². The maximum atomic E-state index is 8.75. The van der Waals surface area contributed by atoms with Gasteiger partial charge in [-0.2, -0.15) is 0 Å². The molecule has 0 saturated carbocycles. The number of unbranched alkanes of at least 4 members (excludes halogenated alkanes) is 2. The topological polar surface area (TPSA) is 40.5 Å². The molecule has 130 valence electrons. The summed E-state index contributed by atoms with van der Waals surface area (Å²) in [5, 5.41) is 17.5. The monoisotopic (exact) mass is 420 g/mol.